The number of aryl methyl sites for hydroxylation is 2. The summed E-state index contributed by atoms with van der Waals surface area (Å²) in [4.78, 5) is 25.6. The Bertz CT molecular complexity index is 1070. The monoisotopic (exact) mass is 461 g/mol. The molecule has 32 heavy (non-hydrogen) atoms. The molecule has 0 aliphatic heterocycles. The van der Waals surface area contributed by atoms with Crippen molar-refractivity contribution in [2.75, 3.05) is 36.1 Å². The normalized spacial score (nSPS) is 12.2. The van der Waals surface area contributed by atoms with E-state index in [0.717, 1.165) is 21.7 Å². The minimum Gasteiger partial charge on any atom is -0.385 e. The first-order chi connectivity index (χ1) is 15.1. The SMILES string of the molecule is COCCCNC(=O)c1ccccc1NC(=O)[C@@H](C)N(c1cc(C)ccc1C)S(C)(=O)=O. The van der Waals surface area contributed by atoms with Gasteiger partial charge in [-0.25, -0.2) is 8.42 Å². The van der Waals surface area contributed by atoms with Gasteiger partial charge >= 0.3 is 0 Å². The lowest BCUT2D eigenvalue weighted by molar-refractivity contribution is -0.116. The van der Waals surface area contributed by atoms with Crippen LogP contribution in [0.3, 0.4) is 0 Å². The second-order valence-electron chi connectivity index (χ2n) is 7.66. The lowest BCUT2D eigenvalue weighted by Gasteiger charge is -2.30. The maximum absolute atomic E-state index is 13.1. The quantitative estimate of drug-likeness (QED) is 0.530. The number of methoxy groups -OCH3 is 1. The van der Waals surface area contributed by atoms with Crippen molar-refractivity contribution in [3.05, 3.63) is 59.2 Å². The van der Waals surface area contributed by atoms with Crippen molar-refractivity contribution in [3.8, 4) is 0 Å². The van der Waals surface area contributed by atoms with E-state index in [-0.39, 0.29) is 5.91 Å². The average Bonchev–Trinajstić information content (AvgIpc) is 2.73. The number of carbonyl (C=O) groups is 2. The number of carbonyl (C=O) groups excluding carboxylic acids is 2. The van der Waals surface area contributed by atoms with Crippen LogP contribution in [0.15, 0.2) is 42.5 Å². The molecule has 0 aromatic heterocycles. The number of anilines is 2. The highest BCUT2D eigenvalue weighted by molar-refractivity contribution is 7.92. The van der Waals surface area contributed by atoms with Crippen LogP contribution >= 0.6 is 0 Å². The molecule has 0 saturated heterocycles. The first-order valence-corrected chi connectivity index (χ1v) is 12.1. The van der Waals surface area contributed by atoms with E-state index in [2.05, 4.69) is 10.6 Å². The van der Waals surface area contributed by atoms with E-state index in [1.165, 1.54) is 6.92 Å². The van der Waals surface area contributed by atoms with Crippen LogP contribution in [0.2, 0.25) is 0 Å². The van der Waals surface area contributed by atoms with Crippen LogP contribution in [-0.2, 0) is 19.6 Å². The summed E-state index contributed by atoms with van der Waals surface area (Å²) in [5.41, 5.74) is 2.66. The van der Waals surface area contributed by atoms with Crippen molar-refractivity contribution >= 4 is 33.2 Å². The van der Waals surface area contributed by atoms with Crippen LogP contribution in [0.5, 0.6) is 0 Å². The van der Waals surface area contributed by atoms with E-state index in [1.54, 1.807) is 44.4 Å². The molecule has 0 spiro atoms. The number of nitrogens with zero attached hydrogens (tertiary/aromatic N) is 1. The second kappa shape index (κ2) is 11.1. The Balaban J connectivity index is 2.27. The Morgan fingerprint density at radius 2 is 1.81 bits per heavy atom. The number of nitrogens with one attached hydrogen (secondary N) is 2. The van der Waals surface area contributed by atoms with Crippen molar-refractivity contribution in [2.45, 2.75) is 33.2 Å². The Hall–Kier alpha value is -2.91. The lowest BCUT2D eigenvalue weighted by Crippen LogP contribution is -2.46. The van der Waals surface area contributed by atoms with E-state index < -0.39 is 22.0 Å². The van der Waals surface area contributed by atoms with Gasteiger partial charge in [0.25, 0.3) is 5.91 Å². The summed E-state index contributed by atoms with van der Waals surface area (Å²) < 4.78 is 31.3. The van der Waals surface area contributed by atoms with E-state index in [0.29, 0.717) is 36.5 Å². The molecule has 2 aromatic carbocycles. The molecule has 2 amide bonds. The van der Waals surface area contributed by atoms with Gasteiger partial charge in [-0.2, -0.15) is 0 Å². The van der Waals surface area contributed by atoms with Crippen LogP contribution in [0, 0.1) is 13.8 Å². The van der Waals surface area contributed by atoms with E-state index >= 15 is 0 Å². The van der Waals surface area contributed by atoms with Gasteiger partial charge in [0.2, 0.25) is 15.9 Å². The van der Waals surface area contributed by atoms with Crippen molar-refractivity contribution in [3.63, 3.8) is 0 Å². The smallest absolute Gasteiger partial charge is 0.253 e. The third kappa shape index (κ3) is 6.54. The number of hydrogen-bond donors (Lipinski definition) is 2. The molecule has 9 heteroatoms. The predicted molar refractivity (Wildman–Crippen MR) is 127 cm³/mol. The average molecular weight is 462 g/mol. The molecule has 0 radical (unpaired) electrons. The van der Waals surface area contributed by atoms with Crippen molar-refractivity contribution in [1.82, 2.24) is 5.32 Å². The maximum atomic E-state index is 13.1. The standard InChI is InChI=1S/C23H31N3O5S/c1-16-11-12-17(2)21(15-16)26(32(5,29)30)18(3)22(27)25-20-10-7-6-9-19(20)23(28)24-13-8-14-31-4/h6-7,9-12,15,18H,8,13-14H2,1-5H3,(H,24,28)(H,25,27)/t18-/m1/s1. The molecule has 8 nitrogen and oxygen atoms in total. The molecule has 0 aliphatic rings. The number of sulfonamides is 1. The maximum Gasteiger partial charge on any atom is 0.253 e. The number of para-hydroxylation sites is 1. The zero-order valence-electron chi connectivity index (χ0n) is 19.1. The summed E-state index contributed by atoms with van der Waals surface area (Å²) in [7, 11) is -2.17. The Morgan fingerprint density at radius 1 is 1.12 bits per heavy atom. The summed E-state index contributed by atoms with van der Waals surface area (Å²) in [6, 6.07) is 11.0. The zero-order chi connectivity index (χ0) is 23.9. The fourth-order valence-corrected chi connectivity index (χ4v) is 4.50. The number of rotatable bonds is 10. The highest BCUT2D eigenvalue weighted by Crippen LogP contribution is 2.27. The molecule has 0 saturated carbocycles. The van der Waals surface area contributed by atoms with Crippen LogP contribution in [-0.4, -0.2) is 52.8 Å². The van der Waals surface area contributed by atoms with Crippen molar-refractivity contribution < 1.29 is 22.7 Å². The minimum atomic E-state index is -3.76. The van der Waals surface area contributed by atoms with Gasteiger partial charge in [0.1, 0.15) is 6.04 Å². The minimum absolute atomic E-state index is 0.295. The number of benzene rings is 2. The Morgan fingerprint density at radius 3 is 2.47 bits per heavy atom. The molecule has 0 aliphatic carbocycles. The fraction of sp³-hybridized carbons (Fsp3) is 0.391. The van der Waals surface area contributed by atoms with Crippen LogP contribution in [0.4, 0.5) is 11.4 Å². The topological polar surface area (TPSA) is 105 Å². The summed E-state index contributed by atoms with van der Waals surface area (Å²) in [6.07, 6.45) is 1.73. The molecular formula is C23H31N3O5S. The highest BCUT2D eigenvalue weighted by Gasteiger charge is 2.30. The number of ether oxygens (including phenoxy) is 1. The molecule has 174 valence electrons. The van der Waals surface area contributed by atoms with Gasteiger partial charge in [-0.1, -0.05) is 24.3 Å². The van der Waals surface area contributed by atoms with E-state index in [9.17, 15) is 18.0 Å². The zero-order valence-corrected chi connectivity index (χ0v) is 20.0. The van der Waals surface area contributed by atoms with Gasteiger partial charge in [-0.05, 0) is 56.5 Å². The highest BCUT2D eigenvalue weighted by atomic mass is 32.2. The Kier molecular flexibility index (Phi) is 8.80. The molecule has 2 N–H and O–H groups in total. The summed E-state index contributed by atoms with van der Waals surface area (Å²) in [5.74, 6) is -0.880. The van der Waals surface area contributed by atoms with Crippen molar-refractivity contribution in [1.29, 1.82) is 0 Å². The van der Waals surface area contributed by atoms with Gasteiger partial charge in [0.15, 0.2) is 0 Å². The van der Waals surface area contributed by atoms with Crippen molar-refractivity contribution in [2.24, 2.45) is 0 Å². The molecule has 0 heterocycles. The van der Waals surface area contributed by atoms with Crippen LogP contribution in [0.1, 0.15) is 34.8 Å². The first-order valence-electron chi connectivity index (χ1n) is 10.3. The first kappa shape index (κ1) is 25.4. The second-order valence-corrected chi connectivity index (χ2v) is 9.52. The summed E-state index contributed by atoms with van der Waals surface area (Å²) in [6.45, 7) is 6.12. The van der Waals surface area contributed by atoms with Crippen LogP contribution < -0.4 is 14.9 Å². The molecule has 1 atom stereocenters. The summed E-state index contributed by atoms with van der Waals surface area (Å²) in [5, 5.41) is 5.51. The van der Waals surface area contributed by atoms with Gasteiger partial charge in [-0.3, -0.25) is 13.9 Å². The predicted octanol–water partition coefficient (Wildman–Crippen LogP) is 2.86. The van der Waals surface area contributed by atoms with E-state index in [4.69, 9.17) is 4.74 Å². The van der Waals surface area contributed by atoms with Gasteiger partial charge in [-0.15, -0.1) is 0 Å². The molecule has 2 rings (SSSR count). The van der Waals surface area contributed by atoms with Gasteiger partial charge in [0.05, 0.1) is 23.2 Å². The molecular weight excluding hydrogens is 430 g/mol. The van der Waals surface area contributed by atoms with Gasteiger partial charge in [0, 0.05) is 20.3 Å². The largest absolute Gasteiger partial charge is 0.385 e. The summed E-state index contributed by atoms with van der Waals surface area (Å²) >= 11 is 0. The fourth-order valence-electron chi connectivity index (χ4n) is 3.28. The lowest BCUT2D eigenvalue weighted by atomic mass is 10.1. The Labute approximate surface area is 190 Å². The third-order valence-corrected chi connectivity index (χ3v) is 6.16. The molecule has 0 fully saturated rings. The third-order valence-electron chi connectivity index (χ3n) is 4.93. The molecule has 0 unspecified atom stereocenters. The molecule has 0 bridgehead atoms. The van der Waals surface area contributed by atoms with E-state index in [1.807, 2.05) is 19.1 Å². The van der Waals surface area contributed by atoms with Gasteiger partial charge < -0.3 is 15.4 Å². The number of amides is 2. The molecule has 2 aromatic rings. The van der Waals surface area contributed by atoms with Crippen LogP contribution in [0.25, 0.3) is 0 Å². The number of hydrogen-bond acceptors (Lipinski definition) is 5.